The summed E-state index contributed by atoms with van der Waals surface area (Å²) in [4.78, 5) is 14.2. The van der Waals surface area contributed by atoms with Crippen LogP contribution in [0.1, 0.15) is 25.3 Å². The Hall–Kier alpha value is -2.82. The highest BCUT2D eigenvalue weighted by atomic mass is 19.4. The zero-order chi connectivity index (χ0) is 20.3. The van der Waals surface area contributed by atoms with Crippen LogP contribution in [-0.4, -0.2) is 33.0 Å². The first-order valence-corrected chi connectivity index (χ1v) is 8.71. The van der Waals surface area contributed by atoms with E-state index in [0.717, 1.165) is 18.4 Å². The van der Waals surface area contributed by atoms with Gasteiger partial charge in [0.05, 0.1) is 6.04 Å². The van der Waals surface area contributed by atoms with Crippen molar-refractivity contribution in [2.45, 2.75) is 51.4 Å². The Morgan fingerprint density at radius 3 is 2.71 bits per heavy atom. The van der Waals surface area contributed by atoms with Gasteiger partial charge >= 0.3 is 18.2 Å². The molecule has 3 rings (SSSR count). The Kier molecular flexibility index (Phi) is 5.73. The van der Waals surface area contributed by atoms with Gasteiger partial charge in [-0.2, -0.15) is 0 Å². The van der Waals surface area contributed by atoms with E-state index in [-0.39, 0.29) is 29.7 Å². The van der Waals surface area contributed by atoms with E-state index in [4.69, 9.17) is 4.74 Å². The highest BCUT2D eigenvalue weighted by molar-refractivity contribution is 5.27. The van der Waals surface area contributed by atoms with Crippen molar-refractivity contribution in [2.24, 2.45) is 0 Å². The molecular weight excluding hydrogens is 381 g/mol. The third-order valence-electron chi connectivity index (χ3n) is 4.31. The molecule has 1 aromatic carbocycles. The van der Waals surface area contributed by atoms with Crippen molar-refractivity contribution in [1.29, 1.82) is 0 Å². The second kappa shape index (κ2) is 8.05. The summed E-state index contributed by atoms with van der Waals surface area (Å²) in [5.41, 5.74) is 0.771. The summed E-state index contributed by atoms with van der Waals surface area (Å²) in [6, 6.07) is 5.68. The van der Waals surface area contributed by atoms with Gasteiger partial charge in [0.15, 0.2) is 0 Å². The molecule has 0 spiro atoms. The summed E-state index contributed by atoms with van der Waals surface area (Å²) in [7, 11) is 0. The molecule has 11 heteroatoms. The molecule has 2 atom stereocenters. The molecule has 1 aliphatic rings. The summed E-state index contributed by atoms with van der Waals surface area (Å²) < 4.78 is 47.9. The summed E-state index contributed by atoms with van der Waals surface area (Å²) >= 11 is 0. The molecule has 1 unspecified atom stereocenters. The first-order valence-electron chi connectivity index (χ1n) is 8.71. The van der Waals surface area contributed by atoms with Gasteiger partial charge < -0.3 is 24.9 Å². The zero-order valence-corrected chi connectivity index (χ0v) is 15.0. The van der Waals surface area contributed by atoms with E-state index in [0.29, 0.717) is 13.1 Å². The van der Waals surface area contributed by atoms with Gasteiger partial charge in [-0.3, -0.25) is 4.57 Å². The van der Waals surface area contributed by atoms with Crippen LogP contribution in [-0.2, 0) is 13.1 Å². The summed E-state index contributed by atoms with van der Waals surface area (Å²) in [6.45, 7) is 2.84. The molecule has 0 radical (unpaired) electrons. The van der Waals surface area contributed by atoms with Crippen LogP contribution < -0.4 is 14.8 Å². The Labute approximate surface area is 158 Å². The average Bonchev–Trinajstić information content (AvgIpc) is 3.03. The number of nitrogens with one attached hydrogen (secondary N) is 1. The average molecular weight is 400 g/mol. The van der Waals surface area contributed by atoms with Crippen molar-refractivity contribution in [3.8, 4) is 11.8 Å². The van der Waals surface area contributed by atoms with Crippen LogP contribution in [0.5, 0.6) is 11.8 Å². The molecule has 0 bridgehead atoms. The topological polar surface area (TPSA) is 91.5 Å². The predicted octanol–water partition coefficient (Wildman–Crippen LogP) is 3.41. The molecule has 0 aliphatic carbocycles. The largest absolute Gasteiger partial charge is 0.573 e. The lowest BCUT2D eigenvalue weighted by Crippen LogP contribution is -2.48. The van der Waals surface area contributed by atoms with Crippen LogP contribution >= 0.6 is 0 Å². The second-order valence-electron chi connectivity index (χ2n) is 6.42. The molecular formula is C17H19F3N4O4. The molecule has 0 saturated heterocycles. The normalized spacial score (nSPS) is 19.0. The predicted molar refractivity (Wildman–Crippen MR) is 92.0 cm³/mol. The Balaban J connectivity index is 1.65. The molecule has 152 valence electrons. The van der Waals surface area contributed by atoms with Crippen LogP contribution in [0.25, 0.3) is 0 Å². The van der Waals surface area contributed by atoms with Gasteiger partial charge in [-0.15, -0.1) is 13.2 Å². The van der Waals surface area contributed by atoms with E-state index in [2.05, 4.69) is 15.0 Å². The molecule has 1 aromatic heterocycles. The fraction of sp³-hybridized carbons (Fsp3) is 0.471. The van der Waals surface area contributed by atoms with Crippen LogP contribution in [0.2, 0.25) is 0 Å². The number of fused-ring (bicyclic) bond motifs is 1. The van der Waals surface area contributed by atoms with E-state index < -0.39 is 11.3 Å². The van der Waals surface area contributed by atoms with Gasteiger partial charge in [-0.1, -0.05) is 25.5 Å². The van der Waals surface area contributed by atoms with E-state index in [1.165, 1.54) is 18.3 Å². The van der Waals surface area contributed by atoms with Gasteiger partial charge in [-0.25, -0.2) is 0 Å². The number of rotatable bonds is 7. The fourth-order valence-electron chi connectivity index (χ4n) is 3.04. The molecule has 1 aliphatic heterocycles. The lowest BCUT2D eigenvalue weighted by atomic mass is 10.0. The van der Waals surface area contributed by atoms with Crippen molar-refractivity contribution in [3.05, 3.63) is 46.1 Å². The maximum absolute atomic E-state index is 12.2. The highest BCUT2D eigenvalue weighted by Gasteiger charge is 2.34. The molecule has 2 aromatic rings. The number of alkyl halides is 3. The smallest absolute Gasteiger partial charge is 0.441 e. The van der Waals surface area contributed by atoms with E-state index in [1.54, 1.807) is 16.7 Å². The third-order valence-corrected chi connectivity index (χ3v) is 4.31. The van der Waals surface area contributed by atoms with E-state index in [1.807, 2.05) is 6.92 Å². The van der Waals surface area contributed by atoms with Crippen LogP contribution in [0.4, 0.5) is 19.0 Å². The fourth-order valence-corrected chi connectivity index (χ4v) is 3.04. The van der Waals surface area contributed by atoms with Gasteiger partial charge in [0.1, 0.15) is 18.1 Å². The minimum atomic E-state index is -4.72. The maximum atomic E-state index is 12.2. The molecule has 0 amide bonds. The first kappa shape index (κ1) is 19.9. The number of ether oxygens (including phenoxy) is 2. The highest BCUT2D eigenvalue weighted by Crippen LogP contribution is 2.27. The second-order valence-corrected chi connectivity index (χ2v) is 6.42. The summed E-state index contributed by atoms with van der Waals surface area (Å²) in [5.74, 6) is -0.553. The van der Waals surface area contributed by atoms with Crippen molar-refractivity contribution in [3.63, 3.8) is 0 Å². The number of hydrogen-bond donors (Lipinski definition) is 1. The lowest BCUT2D eigenvalue weighted by Gasteiger charge is -2.31. The van der Waals surface area contributed by atoms with E-state index in [9.17, 15) is 23.3 Å². The van der Waals surface area contributed by atoms with Crippen LogP contribution in [0, 0.1) is 10.1 Å². The van der Waals surface area contributed by atoms with Crippen molar-refractivity contribution in [1.82, 2.24) is 14.9 Å². The van der Waals surface area contributed by atoms with Gasteiger partial charge in [0.2, 0.25) is 0 Å². The number of benzene rings is 1. The minimum absolute atomic E-state index is 0.132. The van der Waals surface area contributed by atoms with Crippen LogP contribution in [0.15, 0.2) is 30.5 Å². The quantitative estimate of drug-likeness (QED) is 0.566. The first-order chi connectivity index (χ1) is 13.2. The van der Waals surface area contributed by atoms with Crippen molar-refractivity contribution in [2.75, 3.05) is 0 Å². The SMILES string of the molecule is CCC[C@H]1Oc2nc([N+](=O)[O-])cn2CC1NCc1ccc(OC(F)(F)F)cc1. The number of halogens is 3. The number of nitrogens with zero attached hydrogens (tertiary/aromatic N) is 3. The molecule has 0 fully saturated rings. The number of imidazole rings is 1. The van der Waals surface area contributed by atoms with Gasteiger partial charge in [-0.05, 0) is 29.0 Å². The molecule has 2 heterocycles. The van der Waals surface area contributed by atoms with Crippen molar-refractivity contribution < 1.29 is 27.6 Å². The Morgan fingerprint density at radius 2 is 2.11 bits per heavy atom. The Morgan fingerprint density at radius 1 is 1.39 bits per heavy atom. The molecule has 28 heavy (non-hydrogen) atoms. The third kappa shape index (κ3) is 4.91. The number of nitro groups is 1. The molecule has 1 N–H and O–H groups in total. The summed E-state index contributed by atoms with van der Waals surface area (Å²) in [6.07, 6.45) is -2.02. The number of hydrogen-bond acceptors (Lipinski definition) is 6. The maximum Gasteiger partial charge on any atom is 0.573 e. The standard InChI is InChI=1S/C17H19F3N4O4/c1-2-3-14-13(9-23-10-15(24(25)26)22-16(23)27-14)21-8-11-4-6-12(7-5-11)28-17(18,19)20/h4-7,10,13-14,21H,2-3,8-9H2,1H3/t13?,14-/m1/s1. The number of aromatic nitrogens is 2. The van der Waals surface area contributed by atoms with Crippen molar-refractivity contribution >= 4 is 5.82 Å². The molecule has 0 saturated carbocycles. The Bertz CT molecular complexity index is 823. The van der Waals surface area contributed by atoms with Crippen LogP contribution in [0.3, 0.4) is 0 Å². The van der Waals surface area contributed by atoms with Gasteiger partial charge in [0, 0.05) is 18.1 Å². The summed E-state index contributed by atoms with van der Waals surface area (Å²) in [5, 5.41) is 14.2. The molecule has 8 nitrogen and oxygen atoms in total. The zero-order valence-electron chi connectivity index (χ0n) is 15.0. The lowest BCUT2D eigenvalue weighted by molar-refractivity contribution is -0.389. The monoisotopic (exact) mass is 400 g/mol. The van der Waals surface area contributed by atoms with E-state index >= 15 is 0 Å². The van der Waals surface area contributed by atoms with Gasteiger partial charge in [0.25, 0.3) is 0 Å². The minimum Gasteiger partial charge on any atom is -0.441 e.